The topological polar surface area (TPSA) is 67.4 Å². The molecule has 1 heterocycles. The SMILES string of the molecule is N#Cc1ccc(-c2nnnn2Cc2ccc(F)cc2)cc1. The third-order valence-corrected chi connectivity index (χ3v) is 3.05. The van der Waals surface area contributed by atoms with Gasteiger partial charge in [-0.15, -0.1) is 5.10 Å². The molecule has 3 rings (SSSR count). The maximum absolute atomic E-state index is 12.9. The van der Waals surface area contributed by atoms with Crippen molar-refractivity contribution in [3.05, 3.63) is 65.5 Å². The number of halogens is 1. The summed E-state index contributed by atoms with van der Waals surface area (Å²) in [6.45, 7) is 0.447. The van der Waals surface area contributed by atoms with Gasteiger partial charge in [0.15, 0.2) is 5.82 Å². The second-order valence-corrected chi connectivity index (χ2v) is 4.48. The largest absolute Gasteiger partial charge is 0.221 e. The predicted molar refractivity (Wildman–Crippen MR) is 73.5 cm³/mol. The van der Waals surface area contributed by atoms with E-state index < -0.39 is 0 Å². The first-order chi connectivity index (χ1) is 10.3. The highest BCUT2D eigenvalue weighted by atomic mass is 19.1. The first-order valence-corrected chi connectivity index (χ1v) is 6.27. The van der Waals surface area contributed by atoms with Gasteiger partial charge in [-0.2, -0.15) is 5.26 Å². The lowest BCUT2D eigenvalue weighted by Gasteiger charge is -2.05. The lowest BCUT2D eigenvalue weighted by molar-refractivity contribution is 0.622. The zero-order valence-corrected chi connectivity index (χ0v) is 10.9. The maximum atomic E-state index is 12.9. The Kier molecular flexibility index (Phi) is 3.39. The highest BCUT2D eigenvalue weighted by molar-refractivity contribution is 5.56. The molecule has 0 aliphatic rings. The fourth-order valence-electron chi connectivity index (χ4n) is 1.97. The highest BCUT2D eigenvalue weighted by Gasteiger charge is 2.09. The van der Waals surface area contributed by atoms with Crippen LogP contribution in [0.2, 0.25) is 0 Å². The van der Waals surface area contributed by atoms with E-state index in [-0.39, 0.29) is 5.82 Å². The van der Waals surface area contributed by atoms with Crippen molar-refractivity contribution in [1.82, 2.24) is 20.2 Å². The van der Waals surface area contributed by atoms with Crippen LogP contribution in [0.4, 0.5) is 4.39 Å². The summed E-state index contributed by atoms with van der Waals surface area (Å²) in [6, 6.07) is 15.3. The Morgan fingerprint density at radius 3 is 2.43 bits per heavy atom. The average molecular weight is 279 g/mol. The summed E-state index contributed by atoms with van der Waals surface area (Å²) in [4.78, 5) is 0. The van der Waals surface area contributed by atoms with E-state index in [0.717, 1.165) is 11.1 Å². The molecule has 21 heavy (non-hydrogen) atoms. The normalized spacial score (nSPS) is 10.3. The van der Waals surface area contributed by atoms with Crippen LogP contribution in [0.25, 0.3) is 11.4 Å². The van der Waals surface area contributed by atoms with Crippen LogP contribution in [0, 0.1) is 17.1 Å². The van der Waals surface area contributed by atoms with Gasteiger partial charge in [0, 0.05) is 5.56 Å². The summed E-state index contributed by atoms with van der Waals surface area (Å²) in [7, 11) is 0. The number of benzene rings is 2. The molecule has 0 amide bonds. The lowest BCUT2D eigenvalue weighted by atomic mass is 10.1. The number of rotatable bonds is 3. The summed E-state index contributed by atoms with van der Waals surface area (Å²) in [5.41, 5.74) is 2.30. The van der Waals surface area contributed by atoms with E-state index in [9.17, 15) is 4.39 Å². The molecule has 0 aliphatic heterocycles. The molecule has 0 fully saturated rings. The molecule has 102 valence electrons. The fraction of sp³-hybridized carbons (Fsp3) is 0.0667. The monoisotopic (exact) mass is 279 g/mol. The Labute approximate surface area is 120 Å². The summed E-state index contributed by atoms with van der Waals surface area (Å²) < 4.78 is 14.5. The summed E-state index contributed by atoms with van der Waals surface area (Å²) in [5.74, 6) is 0.326. The van der Waals surface area contributed by atoms with Crippen LogP contribution in [0.5, 0.6) is 0 Å². The van der Waals surface area contributed by atoms with Crippen LogP contribution in [0.3, 0.4) is 0 Å². The molecule has 6 heteroatoms. The maximum Gasteiger partial charge on any atom is 0.182 e. The zero-order valence-electron chi connectivity index (χ0n) is 10.9. The first-order valence-electron chi connectivity index (χ1n) is 6.27. The van der Waals surface area contributed by atoms with Crippen LogP contribution < -0.4 is 0 Å². The van der Waals surface area contributed by atoms with Gasteiger partial charge in [-0.3, -0.25) is 0 Å². The Hall–Kier alpha value is -3.07. The minimum Gasteiger partial charge on any atom is -0.221 e. The van der Waals surface area contributed by atoms with Crippen LogP contribution in [-0.4, -0.2) is 20.2 Å². The van der Waals surface area contributed by atoms with Crippen LogP contribution in [0.15, 0.2) is 48.5 Å². The van der Waals surface area contributed by atoms with Gasteiger partial charge in [-0.1, -0.05) is 12.1 Å². The van der Waals surface area contributed by atoms with Crippen molar-refractivity contribution in [2.45, 2.75) is 6.54 Å². The molecule has 5 nitrogen and oxygen atoms in total. The molecule has 1 aromatic heterocycles. The molecule has 0 bridgehead atoms. The number of nitriles is 1. The Morgan fingerprint density at radius 1 is 1.05 bits per heavy atom. The van der Waals surface area contributed by atoms with Crippen LogP contribution in [0.1, 0.15) is 11.1 Å². The van der Waals surface area contributed by atoms with Crippen molar-refractivity contribution in [2.24, 2.45) is 0 Å². The number of aromatic nitrogens is 4. The number of hydrogen-bond acceptors (Lipinski definition) is 4. The lowest BCUT2D eigenvalue weighted by Crippen LogP contribution is -2.04. The second-order valence-electron chi connectivity index (χ2n) is 4.48. The van der Waals surface area contributed by atoms with Gasteiger partial charge in [0.2, 0.25) is 0 Å². The fourth-order valence-corrected chi connectivity index (χ4v) is 1.97. The van der Waals surface area contributed by atoms with Gasteiger partial charge in [0.1, 0.15) is 5.82 Å². The molecule has 0 aliphatic carbocycles. The molecule has 3 aromatic rings. The van der Waals surface area contributed by atoms with Gasteiger partial charge in [0.25, 0.3) is 0 Å². The predicted octanol–water partition coefficient (Wildman–Crippen LogP) is 2.40. The van der Waals surface area contributed by atoms with Gasteiger partial charge >= 0.3 is 0 Å². The molecule has 0 unspecified atom stereocenters. The van der Waals surface area contributed by atoms with Gasteiger partial charge in [0.05, 0.1) is 18.2 Å². The molecule has 0 N–H and O–H groups in total. The van der Waals surface area contributed by atoms with Crippen molar-refractivity contribution in [2.75, 3.05) is 0 Å². The first kappa shape index (κ1) is 12.9. The zero-order chi connectivity index (χ0) is 14.7. The smallest absolute Gasteiger partial charge is 0.182 e. The van der Waals surface area contributed by atoms with Crippen LogP contribution >= 0.6 is 0 Å². The molecule has 0 saturated carbocycles. The van der Waals surface area contributed by atoms with E-state index >= 15 is 0 Å². The molecule has 0 radical (unpaired) electrons. The number of tetrazole rings is 1. The molecule has 0 atom stereocenters. The van der Waals surface area contributed by atoms with E-state index in [1.54, 1.807) is 41.1 Å². The van der Waals surface area contributed by atoms with E-state index in [1.807, 2.05) is 0 Å². The third kappa shape index (κ3) is 2.77. The average Bonchev–Trinajstić information content (AvgIpc) is 2.98. The minimum absolute atomic E-state index is 0.275. The molecular weight excluding hydrogens is 269 g/mol. The standard InChI is InChI=1S/C15H10FN5/c16-14-7-3-12(4-8-14)10-21-15(18-19-20-21)13-5-1-11(9-17)2-6-13/h1-8H,10H2. The van der Waals surface area contributed by atoms with Crippen LogP contribution in [-0.2, 0) is 6.54 Å². The van der Waals surface area contributed by atoms with Crippen molar-refractivity contribution >= 4 is 0 Å². The van der Waals surface area contributed by atoms with Crippen molar-refractivity contribution in [3.63, 3.8) is 0 Å². The number of nitrogens with zero attached hydrogens (tertiary/aromatic N) is 5. The Bertz CT molecular complexity index is 784. The Morgan fingerprint density at radius 2 is 1.76 bits per heavy atom. The molecule has 0 spiro atoms. The summed E-state index contributed by atoms with van der Waals surface area (Å²) >= 11 is 0. The highest BCUT2D eigenvalue weighted by Crippen LogP contribution is 2.17. The van der Waals surface area contributed by atoms with E-state index in [0.29, 0.717) is 17.9 Å². The molecular formula is C15H10FN5. The number of hydrogen-bond donors (Lipinski definition) is 0. The molecule has 2 aromatic carbocycles. The van der Waals surface area contributed by atoms with Gasteiger partial charge < -0.3 is 0 Å². The Balaban J connectivity index is 1.89. The van der Waals surface area contributed by atoms with E-state index in [1.165, 1.54) is 12.1 Å². The second kappa shape index (κ2) is 5.51. The summed E-state index contributed by atoms with van der Waals surface area (Å²) in [5, 5.41) is 20.4. The molecule has 0 saturated heterocycles. The minimum atomic E-state index is -0.275. The van der Waals surface area contributed by atoms with E-state index in [4.69, 9.17) is 5.26 Å². The summed E-state index contributed by atoms with van der Waals surface area (Å²) in [6.07, 6.45) is 0. The van der Waals surface area contributed by atoms with Crippen molar-refractivity contribution in [3.8, 4) is 17.5 Å². The van der Waals surface area contributed by atoms with Crippen molar-refractivity contribution in [1.29, 1.82) is 5.26 Å². The van der Waals surface area contributed by atoms with Crippen molar-refractivity contribution < 1.29 is 4.39 Å². The van der Waals surface area contributed by atoms with E-state index in [2.05, 4.69) is 21.6 Å². The van der Waals surface area contributed by atoms with Gasteiger partial charge in [-0.25, -0.2) is 9.07 Å². The quantitative estimate of drug-likeness (QED) is 0.738. The third-order valence-electron chi connectivity index (χ3n) is 3.05. The van der Waals surface area contributed by atoms with Gasteiger partial charge in [-0.05, 0) is 52.4 Å².